The zero-order valence-electron chi connectivity index (χ0n) is 10.4. The highest BCUT2D eigenvalue weighted by Gasteiger charge is 2.11. The van der Waals surface area contributed by atoms with Crippen LogP contribution in [0, 0.1) is 0 Å². The molecule has 0 unspecified atom stereocenters. The van der Waals surface area contributed by atoms with E-state index in [1.54, 1.807) is 11.3 Å². The molecule has 0 N–H and O–H groups in total. The molecule has 0 fully saturated rings. The summed E-state index contributed by atoms with van der Waals surface area (Å²) in [5.41, 5.74) is 1.78. The van der Waals surface area contributed by atoms with Crippen LogP contribution in [0.15, 0.2) is 54.6 Å². The van der Waals surface area contributed by atoms with Crippen molar-refractivity contribution in [2.45, 2.75) is 0 Å². The zero-order valence-corrected chi connectivity index (χ0v) is 11.9. The van der Waals surface area contributed by atoms with Gasteiger partial charge in [0.15, 0.2) is 0 Å². The lowest BCUT2D eigenvalue weighted by atomic mass is 10.1. The summed E-state index contributed by atoms with van der Waals surface area (Å²) < 4.78 is 1.25. The molecule has 0 amide bonds. The first-order chi connectivity index (χ1) is 9.81. The second-order valence-electron chi connectivity index (χ2n) is 4.51. The minimum atomic E-state index is 0.288. The highest BCUT2D eigenvalue weighted by molar-refractivity contribution is 7.22. The normalized spacial score (nSPS) is 11.2. The maximum atomic E-state index is 6.05. The third-order valence-electron chi connectivity index (χ3n) is 3.23. The van der Waals surface area contributed by atoms with Crippen LogP contribution in [0.3, 0.4) is 0 Å². The zero-order chi connectivity index (χ0) is 13.5. The summed E-state index contributed by atoms with van der Waals surface area (Å²) in [5, 5.41) is 2.55. The molecular formula is C16H9ClN2S. The number of fused-ring (bicyclic) bond motifs is 2. The number of halogens is 1. The maximum Gasteiger partial charge on any atom is 0.223 e. The fourth-order valence-corrected chi connectivity index (χ4v) is 3.58. The van der Waals surface area contributed by atoms with E-state index in [1.807, 2.05) is 36.4 Å². The first-order valence-electron chi connectivity index (χ1n) is 6.22. The Morgan fingerprint density at radius 1 is 0.900 bits per heavy atom. The molecule has 0 bridgehead atoms. The van der Waals surface area contributed by atoms with Gasteiger partial charge in [-0.05, 0) is 35.2 Å². The van der Waals surface area contributed by atoms with Gasteiger partial charge in [-0.2, -0.15) is 0 Å². The van der Waals surface area contributed by atoms with Crippen molar-refractivity contribution >= 4 is 43.9 Å². The smallest absolute Gasteiger partial charge is 0.218 e. The van der Waals surface area contributed by atoms with Gasteiger partial charge in [-0.15, -0.1) is 11.3 Å². The summed E-state index contributed by atoms with van der Waals surface area (Å²) in [6.45, 7) is 0. The largest absolute Gasteiger partial charge is 0.223 e. The maximum absolute atomic E-state index is 6.05. The topological polar surface area (TPSA) is 25.8 Å². The highest BCUT2D eigenvalue weighted by atomic mass is 35.5. The standard InChI is InChI=1S/C16H9ClN2S/c17-16-18-12-7-3-2-6-11(12)15(19-16)14-9-10-5-1-4-8-13(10)20-14/h1-9H. The van der Waals surface area contributed by atoms with Crippen LogP contribution in [0.1, 0.15) is 0 Å². The molecule has 0 saturated heterocycles. The van der Waals surface area contributed by atoms with E-state index >= 15 is 0 Å². The molecule has 0 radical (unpaired) electrons. The van der Waals surface area contributed by atoms with Gasteiger partial charge in [-0.25, -0.2) is 9.97 Å². The summed E-state index contributed by atoms with van der Waals surface area (Å²) in [5.74, 6) is 0. The Bertz CT molecular complexity index is 897. The van der Waals surface area contributed by atoms with Crippen molar-refractivity contribution in [3.8, 4) is 10.6 Å². The lowest BCUT2D eigenvalue weighted by molar-refractivity contribution is 1.23. The average molecular weight is 297 g/mol. The molecule has 2 aromatic carbocycles. The molecule has 2 nitrogen and oxygen atoms in total. The molecule has 2 heterocycles. The minimum absolute atomic E-state index is 0.288. The Labute approximate surface area is 124 Å². The van der Waals surface area contributed by atoms with Crippen LogP contribution in [0.2, 0.25) is 5.28 Å². The SMILES string of the molecule is Clc1nc(-c2cc3ccccc3s2)c2ccccc2n1. The molecule has 0 aliphatic carbocycles. The first-order valence-corrected chi connectivity index (χ1v) is 7.42. The number of thiophene rings is 1. The Balaban J connectivity index is 2.06. The van der Waals surface area contributed by atoms with E-state index in [9.17, 15) is 0 Å². The molecule has 96 valence electrons. The molecule has 20 heavy (non-hydrogen) atoms. The molecule has 4 aromatic rings. The molecular weight excluding hydrogens is 288 g/mol. The van der Waals surface area contributed by atoms with Crippen LogP contribution in [-0.2, 0) is 0 Å². The molecule has 2 aromatic heterocycles. The van der Waals surface area contributed by atoms with Crippen molar-refractivity contribution in [3.63, 3.8) is 0 Å². The predicted molar refractivity (Wildman–Crippen MR) is 85.4 cm³/mol. The minimum Gasteiger partial charge on any atom is -0.218 e. The summed E-state index contributed by atoms with van der Waals surface area (Å²) in [6.07, 6.45) is 0. The van der Waals surface area contributed by atoms with Gasteiger partial charge >= 0.3 is 0 Å². The van der Waals surface area contributed by atoms with E-state index in [0.29, 0.717) is 0 Å². The van der Waals surface area contributed by atoms with Crippen molar-refractivity contribution in [2.24, 2.45) is 0 Å². The number of nitrogens with zero attached hydrogens (tertiary/aromatic N) is 2. The van der Waals surface area contributed by atoms with Crippen LogP contribution in [0.25, 0.3) is 31.6 Å². The lowest BCUT2D eigenvalue weighted by Gasteiger charge is -2.03. The van der Waals surface area contributed by atoms with E-state index in [4.69, 9.17) is 11.6 Å². The third kappa shape index (κ3) is 1.87. The lowest BCUT2D eigenvalue weighted by Crippen LogP contribution is -1.89. The van der Waals surface area contributed by atoms with Gasteiger partial charge in [-0.1, -0.05) is 36.4 Å². The molecule has 4 heteroatoms. The Hall–Kier alpha value is -1.97. The second kappa shape index (κ2) is 4.54. The summed E-state index contributed by atoms with van der Waals surface area (Å²) in [7, 11) is 0. The van der Waals surface area contributed by atoms with Crippen LogP contribution in [-0.4, -0.2) is 9.97 Å². The van der Waals surface area contributed by atoms with Gasteiger partial charge in [0.05, 0.1) is 16.1 Å². The Kier molecular flexibility index (Phi) is 2.69. The van der Waals surface area contributed by atoms with Crippen LogP contribution >= 0.6 is 22.9 Å². The van der Waals surface area contributed by atoms with E-state index < -0.39 is 0 Å². The molecule has 0 spiro atoms. The van der Waals surface area contributed by atoms with Gasteiger partial charge in [0.25, 0.3) is 0 Å². The van der Waals surface area contributed by atoms with Crippen molar-refractivity contribution < 1.29 is 0 Å². The fourth-order valence-electron chi connectivity index (χ4n) is 2.33. The molecule has 0 atom stereocenters. The van der Waals surface area contributed by atoms with Crippen molar-refractivity contribution in [1.29, 1.82) is 0 Å². The molecule has 0 aliphatic heterocycles. The highest BCUT2D eigenvalue weighted by Crippen LogP contribution is 2.35. The van der Waals surface area contributed by atoms with E-state index in [1.165, 1.54) is 10.1 Å². The molecule has 4 rings (SSSR count). The van der Waals surface area contributed by atoms with E-state index in [-0.39, 0.29) is 5.28 Å². The summed E-state index contributed by atoms with van der Waals surface area (Å²) in [6, 6.07) is 18.4. The number of aromatic nitrogens is 2. The fraction of sp³-hybridized carbons (Fsp3) is 0. The summed E-state index contributed by atoms with van der Waals surface area (Å²) >= 11 is 7.78. The van der Waals surface area contributed by atoms with Gasteiger partial charge in [0.1, 0.15) is 0 Å². The van der Waals surface area contributed by atoms with Crippen LogP contribution < -0.4 is 0 Å². The van der Waals surface area contributed by atoms with Crippen molar-refractivity contribution in [3.05, 3.63) is 59.9 Å². The van der Waals surface area contributed by atoms with Crippen LogP contribution in [0.4, 0.5) is 0 Å². The number of rotatable bonds is 1. The summed E-state index contributed by atoms with van der Waals surface area (Å²) in [4.78, 5) is 9.82. The molecule has 0 aliphatic rings. The van der Waals surface area contributed by atoms with Crippen molar-refractivity contribution in [2.75, 3.05) is 0 Å². The van der Waals surface area contributed by atoms with Gasteiger partial charge in [0.2, 0.25) is 5.28 Å². The Morgan fingerprint density at radius 3 is 2.60 bits per heavy atom. The first kappa shape index (κ1) is 11.8. The number of para-hydroxylation sites is 1. The van der Waals surface area contributed by atoms with Gasteiger partial charge < -0.3 is 0 Å². The number of hydrogen-bond acceptors (Lipinski definition) is 3. The van der Waals surface area contributed by atoms with Gasteiger partial charge in [0, 0.05) is 10.1 Å². The average Bonchev–Trinajstić information content (AvgIpc) is 2.90. The predicted octanol–water partition coefficient (Wildman–Crippen LogP) is 5.16. The monoisotopic (exact) mass is 296 g/mol. The van der Waals surface area contributed by atoms with E-state index in [2.05, 4.69) is 28.2 Å². The van der Waals surface area contributed by atoms with Crippen LogP contribution in [0.5, 0.6) is 0 Å². The number of benzene rings is 2. The quantitative estimate of drug-likeness (QED) is 0.453. The molecule has 0 saturated carbocycles. The van der Waals surface area contributed by atoms with Gasteiger partial charge in [-0.3, -0.25) is 0 Å². The Morgan fingerprint density at radius 2 is 1.70 bits per heavy atom. The third-order valence-corrected chi connectivity index (χ3v) is 4.53. The second-order valence-corrected chi connectivity index (χ2v) is 5.93. The number of hydrogen-bond donors (Lipinski definition) is 0. The van der Waals surface area contributed by atoms with E-state index in [0.717, 1.165) is 21.5 Å². The van der Waals surface area contributed by atoms with Crippen molar-refractivity contribution in [1.82, 2.24) is 9.97 Å².